The van der Waals surface area contributed by atoms with Gasteiger partial charge in [0.15, 0.2) is 0 Å². The maximum absolute atomic E-state index is 12.5. The molecule has 118 valence electrons. The van der Waals surface area contributed by atoms with Gasteiger partial charge in [-0.15, -0.1) is 0 Å². The molecule has 0 bridgehead atoms. The average Bonchev–Trinajstić information content (AvgIpc) is 3.05. The molecular formula is C18H14N4O2. The van der Waals surface area contributed by atoms with Crippen LogP contribution < -0.4 is 4.74 Å². The maximum Gasteiger partial charge on any atom is 0.254 e. The number of aromatic amines is 1. The molecule has 1 aromatic carbocycles. The van der Waals surface area contributed by atoms with E-state index in [0.29, 0.717) is 30.1 Å². The van der Waals surface area contributed by atoms with Crippen molar-refractivity contribution in [3.8, 4) is 11.9 Å². The third kappa shape index (κ3) is 2.46. The molecule has 2 aromatic heterocycles. The number of fused-ring (bicyclic) bond motifs is 1. The Morgan fingerprint density at radius 2 is 2.21 bits per heavy atom. The Hall–Kier alpha value is -3.33. The lowest BCUT2D eigenvalue weighted by Gasteiger charge is -2.38. The lowest BCUT2D eigenvalue weighted by atomic mass is 10.1. The van der Waals surface area contributed by atoms with E-state index < -0.39 is 0 Å². The Labute approximate surface area is 138 Å². The molecule has 0 atom stereocenters. The van der Waals surface area contributed by atoms with E-state index in [1.54, 1.807) is 23.2 Å². The van der Waals surface area contributed by atoms with Gasteiger partial charge in [-0.25, -0.2) is 4.98 Å². The van der Waals surface area contributed by atoms with Gasteiger partial charge in [0.1, 0.15) is 17.7 Å². The third-order valence-electron chi connectivity index (χ3n) is 4.11. The van der Waals surface area contributed by atoms with Crippen molar-refractivity contribution in [1.82, 2.24) is 14.9 Å². The van der Waals surface area contributed by atoms with Crippen molar-refractivity contribution in [1.29, 1.82) is 5.26 Å². The van der Waals surface area contributed by atoms with Gasteiger partial charge in [0.25, 0.3) is 5.91 Å². The summed E-state index contributed by atoms with van der Waals surface area (Å²) in [5, 5.41) is 10.1. The summed E-state index contributed by atoms with van der Waals surface area (Å²) >= 11 is 0. The smallest absolute Gasteiger partial charge is 0.254 e. The average molecular weight is 318 g/mol. The number of benzene rings is 1. The van der Waals surface area contributed by atoms with Crippen LogP contribution in [-0.4, -0.2) is 40.0 Å². The largest absolute Gasteiger partial charge is 0.470 e. The van der Waals surface area contributed by atoms with E-state index in [9.17, 15) is 4.79 Å². The van der Waals surface area contributed by atoms with Crippen LogP contribution in [0.1, 0.15) is 15.9 Å². The minimum Gasteiger partial charge on any atom is -0.470 e. The standard InChI is InChI=1S/C18H14N4O2/c19-9-14-2-1-6-21-17(14)24-15-10-22(11-15)18(23)13-3-4-16-12(8-13)5-7-20-16/h1-8,15,20H,10-11H2. The summed E-state index contributed by atoms with van der Waals surface area (Å²) in [6.45, 7) is 0.983. The predicted molar refractivity (Wildman–Crippen MR) is 87.6 cm³/mol. The van der Waals surface area contributed by atoms with E-state index in [1.807, 2.05) is 30.5 Å². The molecule has 1 saturated heterocycles. The van der Waals surface area contributed by atoms with Crippen LogP contribution in [0.5, 0.6) is 5.88 Å². The quantitative estimate of drug-likeness (QED) is 0.803. The maximum atomic E-state index is 12.5. The number of rotatable bonds is 3. The van der Waals surface area contributed by atoms with Crippen molar-refractivity contribution >= 4 is 16.8 Å². The Bertz CT molecular complexity index is 951. The molecule has 0 spiro atoms. The molecule has 0 saturated carbocycles. The molecule has 0 aliphatic carbocycles. The van der Waals surface area contributed by atoms with Gasteiger partial charge in [0.2, 0.25) is 5.88 Å². The number of nitrogens with one attached hydrogen (secondary N) is 1. The first-order valence-electron chi connectivity index (χ1n) is 7.63. The lowest BCUT2D eigenvalue weighted by Crippen LogP contribution is -2.56. The second-order valence-corrected chi connectivity index (χ2v) is 5.70. The molecular weight excluding hydrogens is 304 g/mol. The number of amides is 1. The molecule has 3 aromatic rings. The fourth-order valence-electron chi connectivity index (χ4n) is 2.78. The first-order valence-corrected chi connectivity index (χ1v) is 7.63. The number of carbonyl (C=O) groups is 1. The van der Waals surface area contributed by atoms with Gasteiger partial charge >= 0.3 is 0 Å². The number of carbonyl (C=O) groups excluding carboxylic acids is 1. The van der Waals surface area contributed by atoms with Crippen LogP contribution in [0, 0.1) is 11.3 Å². The Balaban J connectivity index is 1.41. The molecule has 3 heterocycles. The van der Waals surface area contributed by atoms with E-state index in [0.717, 1.165) is 10.9 Å². The molecule has 4 rings (SSSR count). The molecule has 1 N–H and O–H groups in total. The van der Waals surface area contributed by atoms with Gasteiger partial charge in [-0.05, 0) is 36.4 Å². The number of hydrogen-bond donors (Lipinski definition) is 1. The molecule has 0 radical (unpaired) electrons. The molecule has 6 nitrogen and oxygen atoms in total. The molecule has 1 aliphatic rings. The van der Waals surface area contributed by atoms with Crippen molar-refractivity contribution < 1.29 is 9.53 Å². The summed E-state index contributed by atoms with van der Waals surface area (Å²) in [6.07, 6.45) is 3.31. The summed E-state index contributed by atoms with van der Waals surface area (Å²) in [4.78, 5) is 21.4. The Kier molecular flexibility index (Phi) is 3.39. The van der Waals surface area contributed by atoms with Gasteiger partial charge in [-0.3, -0.25) is 4.79 Å². The molecule has 1 aliphatic heterocycles. The van der Waals surface area contributed by atoms with Crippen LogP contribution >= 0.6 is 0 Å². The van der Waals surface area contributed by atoms with E-state index in [4.69, 9.17) is 10.00 Å². The van der Waals surface area contributed by atoms with Gasteiger partial charge < -0.3 is 14.6 Å². The second-order valence-electron chi connectivity index (χ2n) is 5.70. The number of hydrogen-bond acceptors (Lipinski definition) is 4. The summed E-state index contributed by atoms with van der Waals surface area (Å²) < 4.78 is 5.71. The fourth-order valence-corrected chi connectivity index (χ4v) is 2.78. The Morgan fingerprint density at radius 3 is 3.04 bits per heavy atom. The van der Waals surface area contributed by atoms with Crippen LogP contribution in [0.2, 0.25) is 0 Å². The number of pyridine rings is 1. The molecule has 0 unspecified atom stereocenters. The lowest BCUT2D eigenvalue weighted by molar-refractivity contribution is 0.0159. The first-order chi connectivity index (χ1) is 11.7. The summed E-state index contributed by atoms with van der Waals surface area (Å²) in [7, 11) is 0. The topological polar surface area (TPSA) is 82.0 Å². The number of nitriles is 1. The zero-order valence-corrected chi connectivity index (χ0v) is 12.8. The van der Waals surface area contributed by atoms with Crippen molar-refractivity contribution in [3.63, 3.8) is 0 Å². The third-order valence-corrected chi connectivity index (χ3v) is 4.11. The highest BCUT2D eigenvalue weighted by Crippen LogP contribution is 2.22. The first kappa shape index (κ1) is 14.3. The monoisotopic (exact) mass is 318 g/mol. The molecule has 6 heteroatoms. The number of nitrogens with zero attached hydrogens (tertiary/aromatic N) is 3. The summed E-state index contributed by atoms with van der Waals surface area (Å²) in [6, 6.07) is 13.0. The van der Waals surface area contributed by atoms with Gasteiger partial charge in [-0.1, -0.05) is 0 Å². The number of likely N-dealkylation sites (tertiary alicyclic amines) is 1. The van der Waals surface area contributed by atoms with Crippen LogP contribution in [0.4, 0.5) is 0 Å². The molecule has 1 fully saturated rings. The second kappa shape index (κ2) is 5.70. The summed E-state index contributed by atoms with van der Waals surface area (Å²) in [5.74, 6) is 0.310. The minimum absolute atomic E-state index is 0.0144. The molecule has 1 amide bonds. The normalized spacial score (nSPS) is 14.2. The van der Waals surface area contributed by atoms with Crippen molar-refractivity contribution in [2.45, 2.75) is 6.10 Å². The fraction of sp³-hybridized carbons (Fsp3) is 0.167. The van der Waals surface area contributed by atoms with E-state index >= 15 is 0 Å². The Morgan fingerprint density at radius 1 is 1.33 bits per heavy atom. The van der Waals surface area contributed by atoms with Crippen LogP contribution in [0.25, 0.3) is 10.9 Å². The van der Waals surface area contributed by atoms with Crippen molar-refractivity contribution in [3.05, 3.63) is 59.9 Å². The van der Waals surface area contributed by atoms with Gasteiger partial charge in [0, 0.05) is 28.9 Å². The van der Waals surface area contributed by atoms with Crippen LogP contribution in [-0.2, 0) is 0 Å². The molecule has 24 heavy (non-hydrogen) atoms. The van der Waals surface area contributed by atoms with E-state index in [2.05, 4.69) is 16.0 Å². The number of aromatic nitrogens is 2. The van der Waals surface area contributed by atoms with Gasteiger partial charge in [0.05, 0.1) is 13.1 Å². The van der Waals surface area contributed by atoms with Crippen molar-refractivity contribution in [2.24, 2.45) is 0 Å². The number of H-pyrrole nitrogens is 1. The SMILES string of the molecule is N#Cc1cccnc1OC1CN(C(=O)c2ccc3[nH]ccc3c2)C1. The van der Waals surface area contributed by atoms with E-state index in [1.165, 1.54) is 0 Å². The highest BCUT2D eigenvalue weighted by atomic mass is 16.5. The highest BCUT2D eigenvalue weighted by Gasteiger charge is 2.33. The van der Waals surface area contributed by atoms with Crippen LogP contribution in [0.15, 0.2) is 48.8 Å². The minimum atomic E-state index is -0.132. The predicted octanol–water partition coefficient (Wildman–Crippen LogP) is 2.34. The zero-order chi connectivity index (χ0) is 16.5. The van der Waals surface area contributed by atoms with Crippen molar-refractivity contribution in [2.75, 3.05) is 13.1 Å². The summed E-state index contributed by atoms with van der Waals surface area (Å²) in [5.41, 5.74) is 2.08. The van der Waals surface area contributed by atoms with E-state index in [-0.39, 0.29) is 12.0 Å². The zero-order valence-electron chi connectivity index (χ0n) is 12.8. The number of ether oxygens (including phenoxy) is 1. The van der Waals surface area contributed by atoms with Gasteiger partial charge in [-0.2, -0.15) is 5.26 Å². The van der Waals surface area contributed by atoms with Crippen LogP contribution in [0.3, 0.4) is 0 Å². The highest BCUT2D eigenvalue weighted by molar-refractivity contribution is 5.98.